The standard InChI is InChI=1S/C17H20BrNOS/c1-20-15-7-6-11(8-13(15)18)9-14(19)17-10-12-4-2-3-5-16(12)21-17/h6-8,10,14H,2-5,9,19H2,1H3. The van der Waals surface area contributed by atoms with Crippen LogP contribution < -0.4 is 10.5 Å². The number of rotatable bonds is 4. The van der Waals surface area contributed by atoms with Gasteiger partial charge in [0.15, 0.2) is 0 Å². The summed E-state index contributed by atoms with van der Waals surface area (Å²) in [6.45, 7) is 0. The van der Waals surface area contributed by atoms with Gasteiger partial charge >= 0.3 is 0 Å². The van der Waals surface area contributed by atoms with E-state index < -0.39 is 0 Å². The van der Waals surface area contributed by atoms with Crippen molar-refractivity contribution in [1.29, 1.82) is 0 Å². The van der Waals surface area contributed by atoms with Gasteiger partial charge in [-0.25, -0.2) is 0 Å². The highest BCUT2D eigenvalue weighted by Gasteiger charge is 2.17. The van der Waals surface area contributed by atoms with Crippen LogP contribution in [0.4, 0.5) is 0 Å². The summed E-state index contributed by atoms with van der Waals surface area (Å²) in [7, 11) is 1.68. The lowest BCUT2D eigenvalue weighted by molar-refractivity contribution is 0.412. The second-order valence-corrected chi connectivity index (χ2v) is 7.61. The Labute approximate surface area is 138 Å². The molecule has 112 valence electrons. The fraction of sp³-hybridized carbons (Fsp3) is 0.412. The van der Waals surface area contributed by atoms with Crippen LogP contribution in [0.2, 0.25) is 0 Å². The molecular formula is C17H20BrNOS. The molecule has 0 aliphatic heterocycles. The number of ether oxygens (including phenoxy) is 1. The van der Waals surface area contributed by atoms with Gasteiger partial charge in [-0.05, 0) is 77.4 Å². The van der Waals surface area contributed by atoms with Crippen molar-refractivity contribution >= 4 is 27.3 Å². The number of hydrogen-bond donors (Lipinski definition) is 1. The van der Waals surface area contributed by atoms with Gasteiger partial charge in [0.2, 0.25) is 0 Å². The lowest BCUT2D eigenvalue weighted by atomic mass is 9.98. The van der Waals surface area contributed by atoms with E-state index in [4.69, 9.17) is 10.5 Å². The lowest BCUT2D eigenvalue weighted by Gasteiger charge is -2.11. The maximum absolute atomic E-state index is 6.42. The van der Waals surface area contributed by atoms with Crippen molar-refractivity contribution in [2.45, 2.75) is 38.1 Å². The second kappa shape index (κ2) is 6.51. The van der Waals surface area contributed by atoms with Gasteiger partial charge in [-0.15, -0.1) is 11.3 Å². The molecule has 3 rings (SSSR count). The zero-order valence-electron chi connectivity index (χ0n) is 12.2. The molecule has 4 heteroatoms. The van der Waals surface area contributed by atoms with E-state index in [2.05, 4.69) is 34.1 Å². The van der Waals surface area contributed by atoms with E-state index >= 15 is 0 Å². The zero-order chi connectivity index (χ0) is 14.8. The van der Waals surface area contributed by atoms with Gasteiger partial charge in [0, 0.05) is 15.8 Å². The molecule has 1 atom stereocenters. The Hall–Kier alpha value is -0.840. The first-order chi connectivity index (χ1) is 10.2. The number of nitrogens with two attached hydrogens (primary N) is 1. The van der Waals surface area contributed by atoms with Crippen molar-refractivity contribution in [1.82, 2.24) is 0 Å². The molecule has 2 N–H and O–H groups in total. The van der Waals surface area contributed by atoms with Crippen LogP contribution in [0.1, 0.15) is 39.8 Å². The normalized spacial score (nSPS) is 15.6. The first-order valence-corrected chi connectivity index (χ1v) is 8.98. The summed E-state index contributed by atoms with van der Waals surface area (Å²) in [5.41, 5.74) is 9.20. The molecule has 2 nitrogen and oxygen atoms in total. The third-order valence-electron chi connectivity index (χ3n) is 4.05. The summed E-state index contributed by atoms with van der Waals surface area (Å²) >= 11 is 5.45. The zero-order valence-corrected chi connectivity index (χ0v) is 14.6. The lowest BCUT2D eigenvalue weighted by Crippen LogP contribution is -2.11. The highest BCUT2D eigenvalue weighted by molar-refractivity contribution is 9.10. The Bertz CT molecular complexity index is 614. The second-order valence-electron chi connectivity index (χ2n) is 5.58. The number of benzene rings is 1. The Morgan fingerprint density at radius 3 is 2.81 bits per heavy atom. The maximum atomic E-state index is 6.42. The molecule has 1 aromatic heterocycles. The highest BCUT2D eigenvalue weighted by atomic mass is 79.9. The number of halogens is 1. The van der Waals surface area contributed by atoms with E-state index in [-0.39, 0.29) is 6.04 Å². The molecule has 0 amide bonds. The van der Waals surface area contributed by atoms with Gasteiger partial charge in [-0.2, -0.15) is 0 Å². The summed E-state index contributed by atoms with van der Waals surface area (Å²) in [6, 6.07) is 8.61. The van der Waals surface area contributed by atoms with E-state index in [1.54, 1.807) is 12.0 Å². The molecular weight excluding hydrogens is 346 g/mol. The third-order valence-corrected chi connectivity index (χ3v) is 6.04. The molecule has 21 heavy (non-hydrogen) atoms. The minimum absolute atomic E-state index is 0.0842. The van der Waals surface area contributed by atoms with Gasteiger partial charge < -0.3 is 10.5 Å². The quantitative estimate of drug-likeness (QED) is 0.856. The van der Waals surface area contributed by atoms with Gasteiger partial charge in [0.1, 0.15) is 5.75 Å². The fourth-order valence-electron chi connectivity index (χ4n) is 2.89. The predicted octanol–water partition coefficient (Wildman–Crippen LogP) is 4.64. The van der Waals surface area contributed by atoms with E-state index in [9.17, 15) is 0 Å². The molecule has 2 aromatic rings. The van der Waals surface area contributed by atoms with Crippen molar-refractivity contribution in [2.24, 2.45) is 5.73 Å². The molecule has 1 aliphatic rings. The smallest absolute Gasteiger partial charge is 0.133 e. The number of thiophene rings is 1. The van der Waals surface area contributed by atoms with Gasteiger partial charge in [0.25, 0.3) is 0 Å². The van der Waals surface area contributed by atoms with Crippen LogP contribution in [0.3, 0.4) is 0 Å². The fourth-order valence-corrected chi connectivity index (χ4v) is 4.73. The van der Waals surface area contributed by atoms with Crippen molar-refractivity contribution in [3.63, 3.8) is 0 Å². The molecule has 1 heterocycles. The number of fused-ring (bicyclic) bond motifs is 1. The van der Waals surface area contributed by atoms with Crippen molar-refractivity contribution < 1.29 is 4.74 Å². The first kappa shape index (κ1) is 15.1. The Morgan fingerprint density at radius 1 is 1.29 bits per heavy atom. The van der Waals surface area contributed by atoms with Crippen molar-refractivity contribution in [2.75, 3.05) is 7.11 Å². The molecule has 0 spiro atoms. The summed E-state index contributed by atoms with van der Waals surface area (Å²) in [4.78, 5) is 2.89. The number of hydrogen-bond acceptors (Lipinski definition) is 3. The Balaban J connectivity index is 1.75. The van der Waals surface area contributed by atoms with Crippen molar-refractivity contribution in [3.05, 3.63) is 49.6 Å². The molecule has 0 fully saturated rings. The topological polar surface area (TPSA) is 35.2 Å². The van der Waals surface area contributed by atoms with E-state index in [1.807, 2.05) is 17.4 Å². The average molecular weight is 366 g/mol. The van der Waals surface area contributed by atoms with Gasteiger partial charge in [-0.3, -0.25) is 0 Å². The summed E-state index contributed by atoms with van der Waals surface area (Å²) in [5.74, 6) is 0.860. The minimum atomic E-state index is 0.0842. The largest absolute Gasteiger partial charge is 0.496 e. The molecule has 1 unspecified atom stereocenters. The van der Waals surface area contributed by atoms with E-state index in [0.717, 1.165) is 16.6 Å². The van der Waals surface area contributed by atoms with Crippen LogP contribution in [0, 0.1) is 0 Å². The predicted molar refractivity (Wildman–Crippen MR) is 92.3 cm³/mol. The van der Waals surface area contributed by atoms with Crippen LogP contribution in [-0.2, 0) is 19.3 Å². The van der Waals surface area contributed by atoms with Crippen LogP contribution in [0.15, 0.2) is 28.7 Å². The molecule has 0 bridgehead atoms. The number of aryl methyl sites for hydroxylation is 2. The summed E-state index contributed by atoms with van der Waals surface area (Å²) < 4.78 is 6.25. The maximum Gasteiger partial charge on any atom is 0.133 e. The number of methoxy groups -OCH3 is 1. The van der Waals surface area contributed by atoms with Crippen LogP contribution in [-0.4, -0.2) is 7.11 Å². The van der Waals surface area contributed by atoms with Crippen molar-refractivity contribution in [3.8, 4) is 5.75 Å². The SMILES string of the molecule is COc1ccc(CC(N)c2cc3c(s2)CCCC3)cc1Br. The van der Waals surface area contributed by atoms with E-state index in [0.29, 0.717) is 0 Å². The van der Waals surface area contributed by atoms with Crippen LogP contribution >= 0.6 is 27.3 Å². The summed E-state index contributed by atoms with van der Waals surface area (Å²) in [6.07, 6.45) is 5.98. The van der Waals surface area contributed by atoms with Crippen LogP contribution in [0.25, 0.3) is 0 Å². The molecule has 1 aliphatic carbocycles. The monoisotopic (exact) mass is 365 g/mol. The Kier molecular flexibility index (Phi) is 4.67. The molecule has 1 aromatic carbocycles. The summed E-state index contributed by atoms with van der Waals surface area (Å²) in [5, 5.41) is 0. The minimum Gasteiger partial charge on any atom is -0.496 e. The van der Waals surface area contributed by atoms with Gasteiger partial charge in [-0.1, -0.05) is 6.07 Å². The molecule has 0 saturated heterocycles. The van der Waals surface area contributed by atoms with Crippen LogP contribution in [0.5, 0.6) is 5.75 Å². The highest BCUT2D eigenvalue weighted by Crippen LogP contribution is 2.34. The van der Waals surface area contributed by atoms with E-state index in [1.165, 1.54) is 41.7 Å². The Morgan fingerprint density at radius 2 is 2.10 bits per heavy atom. The van der Waals surface area contributed by atoms with Gasteiger partial charge in [0.05, 0.1) is 11.6 Å². The molecule has 0 saturated carbocycles. The third kappa shape index (κ3) is 3.33. The average Bonchev–Trinajstić information content (AvgIpc) is 2.91. The molecule has 0 radical (unpaired) electrons. The first-order valence-electron chi connectivity index (χ1n) is 7.37.